The fourth-order valence-corrected chi connectivity index (χ4v) is 3.61. The molecule has 31 heavy (non-hydrogen) atoms. The van der Waals surface area contributed by atoms with Crippen LogP contribution in [0.4, 0.5) is 5.69 Å². The number of hydrogen-bond donors (Lipinski definition) is 1. The van der Waals surface area contributed by atoms with Gasteiger partial charge in [0.1, 0.15) is 22.8 Å². The molecule has 1 aromatic heterocycles. The lowest BCUT2D eigenvalue weighted by atomic mass is 10.1. The maximum absolute atomic E-state index is 13.2. The van der Waals surface area contributed by atoms with Crippen molar-refractivity contribution >= 4 is 52.5 Å². The van der Waals surface area contributed by atoms with Crippen LogP contribution in [0.5, 0.6) is 5.75 Å². The van der Waals surface area contributed by atoms with Gasteiger partial charge >= 0.3 is 0 Å². The first-order valence-electron chi connectivity index (χ1n) is 9.46. The van der Waals surface area contributed by atoms with Gasteiger partial charge in [0.05, 0.1) is 12.3 Å². The normalized spacial score (nSPS) is 15.4. The van der Waals surface area contributed by atoms with Gasteiger partial charge in [0, 0.05) is 16.7 Å². The minimum absolute atomic E-state index is 0.000130. The topological polar surface area (TPSA) is 71.8 Å². The molecule has 4 rings (SSSR count). The van der Waals surface area contributed by atoms with Gasteiger partial charge in [-0.05, 0) is 61.6 Å². The molecular formula is C23H17ClN2O4S. The molecule has 1 aliphatic rings. The second-order valence-corrected chi connectivity index (χ2v) is 7.42. The van der Waals surface area contributed by atoms with Crippen molar-refractivity contribution in [1.29, 1.82) is 0 Å². The molecule has 156 valence electrons. The van der Waals surface area contributed by atoms with Crippen LogP contribution in [0.25, 0.3) is 17.4 Å². The van der Waals surface area contributed by atoms with Crippen molar-refractivity contribution in [2.45, 2.75) is 6.92 Å². The molecule has 0 unspecified atom stereocenters. The summed E-state index contributed by atoms with van der Waals surface area (Å²) in [7, 11) is 0. The van der Waals surface area contributed by atoms with Gasteiger partial charge in [0.2, 0.25) is 0 Å². The van der Waals surface area contributed by atoms with Gasteiger partial charge in [-0.1, -0.05) is 29.8 Å². The Kier molecular flexibility index (Phi) is 5.88. The van der Waals surface area contributed by atoms with Crippen molar-refractivity contribution < 1.29 is 18.7 Å². The molecule has 1 aliphatic heterocycles. The summed E-state index contributed by atoms with van der Waals surface area (Å²) in [5.41, 5.74) is 1.18. The first-order valence-corrected chi connectivity index (χ1v) is 10.2. The highest BCUT2D eigenvalue weighted by Gasteiger charge is 2.35. The molecule has 8 heteroatoms. The molecule has 1 saturated heterocycles. The van der Waals surface area contributed by atoms with Crippen LogP contribution in [-0.2, 0) is 9.59 Å². The smallest absolute Gasteiger partial charge is 0.270 e. The first-order chi connectivity index (χ1) is 15.0. The molecule has 2 amide bonds. The molecular weight excluding hydrogens is 436 g/mol. The molecule has 3 aromatic rings. The van der Waals surface area contributed by atoms with Crippen LogP contribution in [0.15, 0.2) is 70.7 Å². The average molecular weight is 453 g/mol. The highest BCUT2D eigenvalue weighted by atomic mass is 35.5. The number of amides is 2. The van der Waals surface area contributed by atoms with Crippen molar-refractivity contribution in [3.63, 3.8) is 0 Å². The Hall–Kier alpha value is -3.42. The monoisotopic (exact) mass is 452 g/mol. The number of carbonyl (C=O) groups is 2. The van der Waals surface area contributed by atoms with Gasteiger partial charge in [-0.15, -0.1) is 0 Å². The predicted molar refractivity (Wildman–Crippen MR) is 123 cm³/mol. The Bertz CT molecular complexity index is 1220. The third-order valence-corrected chi connectivity index (χ3v) is 5.03. The number of nitrogens with one attached hydrogen (secondary N) is 1. The molecule has 0 aliphatic carbocycles. The highest BCUT2D eigenvalue weighted by Crippen LogP contribution is 2.28. The minimum Gasteiger partial charge on any atom is -0.494 e. The number of ether oxygens (including phenoxy) is 1. The lowest BCUT2D eigenvalue weighted by Crippen LogP contribution is -2.54. The van der Waals surface area contributed by atoms with E-state index in [4.69, 9.17) is 33.0 Å². The number of hydrogen-bond acceptors (Lipinski definition) is 5. The Balaban J connectivity index is 1.66. The van der Waals surface area contributed by atoms with E-state index in [0.29, 0.717) is 34.6 Å². The van der Waals surface area contributed by atoms with E-state index in [1.54, 1.807) is 48.5 Å². The van der Waals surface area contributed by atoms with E-state index in [2.05, 4.69) is 5.32 Å². The van der Waals surface area contributed by atoms with Crippen LogP contribution in [0.1, 0.15) is 12.7 Å². The highest BCUT2D eigenvalue weighted by molar-refractivity contribution is 7.80. The number of nitrogens with zero attached hydrogens (tertiary/aromatic N) is 1. The van der Waals surface area contributed by atoms with E-state index in [0.717, 1.165) is 5.56 Å². The summed E-state index contributed by atoms with van der Waals surface area (Å²) < 4.78 is 11.3. The number of carbonyl (C=O) groups excluding carboxylic acids is 2. The average Bonchev–Trinajstić information content (AvgIpc) is 3.20. The zero-order chi connectivity index (χ0) is 22.0. The molecule has 1 N–H and O–H groups in total. The SMILES string of the molecule is CCOc1cccc(N2C(=O)/C(=C/c3ccc(-c4cccc(Cl)c4)o3)C(=O)NC2=S)c1. The van der Waals surface area contributed by atoms with E-state index >= 15 is 0 Å². The summed E-state index contributed by atoms with van der Waals surface area (Å²) in [5.74, 6) is 0.366. The fraction of sp³-hybridized carbons (Fsp3) is 0.0870. The molecule has 0 radical (unpaired) electrons. The number of thiocarbonyl (C=S) groups is 1. The summed E-state index contributed by atoms with van der Waals surface area (Å²) in [4.78, 5) is 26.9. The molecule has 2 heterocycles. The van der Waals surface area contributed by atoms with Gasteiger partial charge in [-0.2, -0.15) is 0 Å². The van der Waals surface area contributed by atoms with Gasteiger partial charge in [-0.25, -0.2) is 0 Å². The van der Waals surface area contributed by atoms with Crippen molar-refractivity contribution in [3.8, 4) is 17.1 Å². The van der Waals surface area contributed by atoms with E-state index < -0.39 is 11.8 Å². The van der Waals surface area contributed by atoms with Crippen LogP contribution in [0.3, 0.4) is 0 Å². The number of rotatable bonds is 5. The standard InChI is InChI=1S/C23H17ClN2O4S/c1-2-29-17-8-4-7-16(12-17)26-22(28)19(21(27)25-23(26)31)13-18-9-10-20(30-18)14-5-3-6-15(24)11-14/h3-13H,2H2,1H3,(H,25,27,31)/b19-13+. The molecule has 6 nitrogen and oxygen atoms in total. The lowest BCUT2D eigenvalue weighted by molar-refractivity contribution is -0.122. The maximum Gasteiger partial charge on any atom is 0.270 e. The van der Waals surface area contributed by atoms with Crippen LogP contribution >= 0.6 is 23.8 Å². The molecule has 1 fully saturated rings. The van der Waals surface area contributed by atoms with E-state index in [1.807, 2.05) is 19.1 Å². The lowest BCUT2D eigenvalue weighted by Gasteiger charge is -2.29. The number of anilines is 1. The Morgan fingerprint density at radius 3 is 2.71 bits per heavy atom. The first kappa shape index (κ1) is 20.8. The van der Waals surface area contributed by atoms with E-state index in [1.165, 1.54) is 11.0 Å². The Morgan fingerprint density at radius 2 is 1.94 bits per heavy atom. The van der Waals surface area contributed by atoms with Gasteiger partial charge in [-0.3, -0.25) is 19.8 Å². The number of halogens is 1. The van der Waals surface area contributed by atoms with Crippen LogP contribution in [-0.4, -0.2) is 23.5 Å². The summed E-state index contributed by atoms with van der Waals surface area (Å²) in [6.07, 6.45) is 1.40. The summed E-state index contributed by atoms with van der Waals surface area (Å²) in [5, 5.41) is 3.13. The molecule has 2 aromatic carbocycles. The van der Waals surface area contributed by atoms with Crippen molar-refractivity contribution in [1.82, 2.24) is 5.32 Å². The van der Waals surface area contributed by atoms with Crippen LogP contribution in [0, 0.1) is 0 Å². The third-order valence-electron chi connectivity index (χ3n) is 4.51. The second-order valence-electron chi connectivity index (χ2n) is 6.60. The van der Waals surface area contributed by atoms with Crippen molar-refractivity contribution in [2.24, 2.45) is 0 Å². The molecule has 0 saturated carbocycles. The number of furan rings is 1. The van der Waals surface area contributed by atoms with Crippen LogP contribution in [0.2, 0.25) is 5.02 Å². The second kappa shape index (κ2) is 8.75. The van der Waals surface area contributed by atoms with E-state index in [-0.39, 0.29) is 10.7 Å². The van der Waals surface area contributed by atoms with Crippen molar-refractivity contribution in [3.05, 3.63) is 77.0 Å². The third kappa shape index (κ3) is 4.38. The minimum atomic E-state index is -0.590. The van der Waals surface area contributed by atoms with Gasteiger partial charge in [0.25, 0.3) is 11.8 Å². The molecule has 0 bridgehead atoms. The summed E-state index contributed by atoms with van der Waals surface area (Å²) >= 11 is 11.3. The molecule has 0 spiro atoms. The Morgan fingerprint density at radius 1 is 1.13 bits per heavy atom. The van der Waals surface area contributed by atoms with Gasteiger partial charge in [0.15, 0.2) is 5.11 Å². The Labute approximate surface area is 189 Å². The largest absolute Gasteiger partial charge is 0.494 e. The maximum atomic E-state index is 13.2. The zero-order valence-electron chi connectivity index (χ0n) is 16.4. The zero-order valence-corrected chi connectivity index (χ0v) is 18.0. The summed E-state index contributed by atoms with van der Waals surface area (Å²) in [6.45, 7) is 2.35. The summed E-state index contributed by atoms with van der Waals surface area (Å²) in [6, 6.07) is 17.5. The number of benzene rings is 2. The predicted octanol–water partition coefficient (Wildman–Crippen LogP) is 4.83. The van der Waals surface area contributed by atoms with E-state index in [9.17, 15) is 9.59 Å². The van der Waals surface area contributed by atoms with Crippen molar-refractivity contribution in [2.75, 3.05) is 11.5 Å². The quantitative estimate of drug-likeness (QED) is 0.341. The fourth-order valence-electron chi connectivity index (χ4n) is 3.14. The molecule has 0 atom stereocenters. The van der Waals surface area contributed by atoms with Crippen LogP contribution < -0.4 is 15.0 Å². The van der Waals surface area contributed by atoms with Gasteiger partial charge < -0.3 is 9.15 Å².